The Labute approximate surface area is 142 Å². The van der Waals surface area contributed by atoms with E-state index in [0.717, 1.165) is 30.0 Å². The number of nitrogens with zero attached hydrogens (tertiary/aromatic N) is 3. The molecule has 0 aromatic heterocycles. The summed E-state index contributed by atoms with van der Waals surface area (Å²) < 4.78 is 0. The fourth-order valence-corrected chi connectivity index (χ4v) is 2.85. The molecule has 1 aliphatic rings. The van der Waals surface area contributed by atoms with E-state index >= 15 is 0 Å². The van der Waals surface area contributed by atoms with Crippen molar-refractivity contribution in [2.24, 2.45) is 0 Å². The zero-order chi connectivity index (χ0) is 16.9. The van der Waals surface area contributed by atoms with E-state index in [0.29, 0.717) is 18.7 Å². The first-order chi connectivity index (χ1) is 11.7. The van der Waals surface area contributed by atoms with Crippen LogP contribution in [0.25, 0.3) is 0 Å². The highest BCUT2D eigenvalue weighted by molar-refractivity contribution is 5.90. The number of carbonyl (C=O) groups is 1. The van der Waals surface area contributed by atoms with Gasteiger partial charge in [0.1, 0.15) is 0 Å². The van der Waals surface area contributed by atoms with Crippen LogP contribution in [-0.4, -0.2) is 37.1 Å². The van der Waals surface area contributed by atoms with Gasteiger partial charge in [-0.25, -0.2) is 4.79 Å². The summed E-state index contributed by atoms with van der Waals surface area (Å²) in [5.41, 5.74) is 3.60. The third-order valence-corrected chi connectivity index (χ3v) is 4.29. The lowest BCUT2D eigenvalue weighted by Crippen LogP contribution is -2.50. The molecule has 0 saturated carbocycles. The van der Waals surface area contributed by atoms with Crippen LogP contribution < -0.4 is 10.2 Å². The number of anilines is 2. The predicted octanol–water partition coefficient (Wildman–Crippen LogP) is 3.22. The minimum atomic E-state index is -0.0604. The summed E-state index contributed by atoms with van der Waals surface area (Å²) in [7, 11) is 0. The van der Waals surface area contributed by atoms with Crippen LogP contribution in [0.1, 0.15) is 11.1 Å². The Morgan fingerprint density at radius 3 is 2.54 bits per heavy atom. The van der Waals surface area contributed by atoms with Gasteiger partial charge in [-0.2, -0.15) is 5.26 Å². The molecule has 122 valence electrons. The van der Waals surface area contributed by atoms with Crippen LogP contribution in [-0.2, 0) is 0 Å². The second-order valence-electron chi connectivity index (χ2n) is 5.88. The molecular weight excluding hydrogens is 300 g/mol. The minimum absolute atomic E-state index is 0.0604. The number of aryl methyl sites for hydroxylation is 1. The van der Waals surface area contributed by atoms with E-state index in [1.165, 1.54) is 0 Å². The highest BCUT2D eigenvalue weighted by Crippen LogP contribution is 2.19. The van der Waals surface area contributed by atoms with E-state index in [-0.39, 0.29) is 6.03 Å². The lowest BCUT2D eigenvalue weighted by atomic mass is 10.2. The number of piperazine rings is 1. The highest BCUT2D eigenvalue weighted by Gasteiger charge is 2.21. The number of nitriles is 1. The van der Waals surface area contributed by atoms with Crippen molar-refractivity contribution in [3.63, 3.8) is 0 Å². The minimum Gasteiger partial charge on any atom is -0.368 e. The van der Waals surface area contributed by atoms with Crippen molar-refractivity contribution < 1.29 is 4.79 Å². The van der Waals surface area contributed by atoms with Crippen molar-refractivity contribution in [3.05, 3.63) is 59.7 Å². The summed E-state index contributed by atoms with van der Waals surface area (Å²) in [4.78, 5) is 16.5. The lowest BCUT2D eigenvalue weighted by Gasteiger charge is -2.36. The molecule has 1 N–H and O–H groups in total. The first kappa shape index (κ1) is 15.9. The van der Waals surface area contributed by atoms with Crippen LogP contribution in [0.2, 0.25) is 0 Å². The standard InChI is InChI=1S/C19H20N4O/c1-15-5-2-3-8-18(15)21-19(24)23-11-9-22(10-12-23)17-7-4-6-16(13-17)14-20/h2-8,13H,9-12H2,1H3,(H,21,24). The quantitative estimate of drug-likeness (QED) is 0.924. The van der Waals surface area contributed by atoms with E-state index in [2.05, 4.69) is 16.3 Å². The van der Waals surface area contributed by atoms with Crippen LogP contribution >= 0.6 is 0 Å². The van der Waals surface area contributed by atoms with Crippen molar-refractivity contribution >= 4 is 17.4 Å². The Hall–Kier alpha value is -3.00. The number of nitrogens with one attached hydrogen (secondary N) is 1. The summed E-state index contributed by atoms with van der Waals surface area (Å²) in [5, 5.41) is 12.0. The van der Waals surface area contributed by atoms with E-state index in [1.807, 2.05) is 54.3 Å². The summed E-state index contributed by atoms with van der Waals surface area (Å²) >= 11 is 0. The fourth-order valence-electron chi connectivity index (χ4n) is 2.85. The highest BCUT2D eigenvalue weighted by atomic mass is 16.2. The molecule has 0 unspecified atom stereocenters. The maximum Gasteiger partial charge on any atom is 0.321 e. The van der Waals surface area contributed by atoms with Gasteiger partial charge < -0.3 is 15.1 Å². The van der Waals surface area contributed by atoms with E-state index in [9.17, 15) is 4.79 Å². The Morgan fingerprint density at radius 1 is 1.08 bits per heavy atom. The van der Waals surface area contributed by atoms with Gasteiger partial charge in [0.25, 0.3) is 0 Å². The molecule has 1 fully saturated rings. The molecule has 2 aromatic rings. The van der Waals surface area contributed by atoms with Gasteiger partial charge in [0.05, 0.1) is 11.6 Å². The molecule has 0 bridgehead atoms. The first-order valence-electron chi connectivity index (χ1n) is 8.04. The van der Waals surface area contributed by atoms with E-state index in [1.54, 1.807) is 6.07 Å². The molecular formula is C19H20N4O. The maximum atomic E-state index is 12.4. The van der Waals surface area contributed by atoms with Gasteiger partial charge in [-0.05, 0) is 36.8 Å². The van der Waals surface area contributed by atoms with Crippen LogP contribution in [0, 0.1) is 18.3 Å². The molecule has 0 atom stereocenters. The van der Waals surface area contributed by atoms with Gasteiger partial charge >= 0.3 is 6.03 Å². The maximum absolute atomic E-state index is 12.4. The smallest absolute Gasteiger partial charge is 0.321 e. The normalized spacial score (nSPS) is 14.2. The molecule has 1 saturated heterocycles. The largest absolute Gasteiger partial charge is 0.368 e. The Balaban J connectivity index is 1.59. The van der Waals surface area contributed by atoms with Gasteiger partial charge in [0.2, 0.25) is 0 Å². The van der Waals surface area contributed by atoms with Crippen molar-refractivity contribution in [2.45, 2.75) is 6.92 Å². The van der Waals surface area contributed by atoms with Gasteiger partial charge in [-0.3, -0.25) is 0 Å². The Kier molecular flexibility index (Phi) is 4.66. The first-order valence-corrected chi connectivity index (χ1v) is 8.04. The Morgan fingerprint density at radius 2 is 1.83 bits per heavy atom. The summed E-state index contributed by atoms with van der Waals surface area (Å²) in [6.45, 7) is 4.82. The molecule has 2 aromatic carbocycles. The van der Waals surface area contributed by atoms with Gasteiger partial charge in [-0.15, -0.1) is 0 Å². The number of rotatable bonds is 2. The van der Waals surface area contributed by atoms with Gasteiger partial charge in [0, 0.05) is 37.6 Å². The summed E-state index contributed by atoms with van der Waals surface area (Å²) in [5.74, 6) is 0. The number of benzene rings is 2. The van der Waals surface area contributed by atoms with Crippen LogP contribution in [0.5, 0.6) is 0 Å². The molecule has 1 aliphatic heterocycles. The zero-order valence-electron chi connectivity index (χ0n) is 13.7. The molecule has 3 rings (SSSR count). The monoisotopic (exact) mass is 320 g/mol. The van der Waals surface area contributed by atoms with Gasteiger partial charge in [0.15, 0.2) is 0 Å². The molecule has 0 radical (unpaired) electrons. The molecule has 24 heavy (non-hydrogen) atoms. The second-order valence-corrected chi connectivity index (χ2v) is 5.88. The van der Waals surface area contributed by atoms with E-state index < -0.39 is 0 Å². The number of hydrogen-bond acceptors (Lipinski definition) is 3. The second kappa shape index (κ2) is 7.05. The van der Waals surface area contributed by atoms with Crippen molar-refractivity contribution in [1.29, 1.82) is 5.26 Å². The van der Waals surface area contributed by atoms with Gasteiger partial charge in [-0.1, -0.05) is 24.3 Å². The summed E-state index contributed by atoms with van der Waals surface area (Å²) in [6.07, 6.45) is 0. The van der Waals surface area contributed by atoms with Crippen molar-refractivity contribution in [1.82, 2.24) is 4.90 Å². The van der Waals surface area contributed by atoms with Crippen molar-refractivity contribution in [2.75, 3.05) is 36.4 Å². The summed E-state index contributed by atoms with van der Waals surface area (Å²) in [6, 6.07) is 17.5. The number of urea groups is 1. The number of carbonyl (C=O) groups excluding carboxylic acids is 1. The van der Waals surface area contributed by atoms with Crippen molar-refractivity contribution in [3.8, 4) is 6.07 Å². The lowest BCUT2D eigenvalue weighted by molar-refractivity contribution is 0.208. The topological polar surface area (TPSA) is 59.4 Å². The van der Waals surface area contributed by atoms with Crippen LogP contribution in [0.4, 0.5) is 16.2 Å². The molecule has 5 nitrogen and oxygen atoms in total. The molecule has 0 spiro atoms. The molecule has 1 heterocycles. The molecule has 0 aliphatic carbocycles. The zero-order valence-corrected chi connectivity index (χ0v) is 13.7. The third kappa shape index (κ3) is 3.49. The van der Waals surface area contributed by atoms with E-state index in [4.69, 9.17) is 5.26 Å². The fraction of sp³-hybridized carbons (Fsp3) is 0.263. The Bertz CT molecular complexity index is 773. The molecule has 5 heteroatoms. The van der Waals surface area contributed by atoms with Crippen LogP contribution in [0.3, 0.4) is 0 Å². The number of amides is 2. The number of para-hydroxylation sites is 1. The number of hydrogen-bond donors (Lipinski definition) is 1. The SMILES string of the molecule is Cc1ccccc1NC(=O)N1CCN(c2cccc(C#N)c2)CC1. The third-order valence-electron chi connectivity index (χ3n) is 4.29. The van der Waals surface area contributed by atoms with Crippen LogP contribution in [0.15, 0.2) is 48.5 Å². The molecule has 2 amide bonds. The average Bonchev–Trinajstić information content (AvgIpc) is 2.64. The average molecular weight is 320 g/mol. The predicted molar refractivity (Wildman–Crippen MR) is 95.1 cm³/mol.